The van der Waals surface area contributed by atoms with E-state index in [0.717, 1.165) is 11.3 Å². The Morgan fingerprint density at radius 2 is 1.93 bits per heavy atom. The van der Waals surface area contributed by atoms with Crippen LogP contribution >= 0.6 is 0 Å². The summed E-state index contributed by atoms with van der Waals surface area (Å²) in [4.78, 5) is 0. The zero-order valence-corrected chi connectivity index (χ0v) is 8.82. The molecule has 3 nitrogen and oxygen atoms in total. The maximum atomic E-state index is 5.44. The van der Waals surface area contributed by atoms with Crippen LogP contribution in [0.3, 0.4) is 0 Å². The van der Waals surface area contributed by atoms with Gasteiger partial charge < -0.3 is 15.2 Å². The van der Waals surface area contributed by atoms with E-state index in [2.05, 4.69) is 6.58 Å². The molecule has 0 saturated heterocycles. The highest BCUT2D eigenvalue weighted by atomic mass is 16.5. The fourth-order valence-corrected chi connectivity index (χ4v) is 1.01. The average Bonchev–Trinajstić information content (AvgIpc) is 2.29. The molecule has 3 heteroatoms. The third-order valence-corrected chi connectivity index (χ3v) is 1.83. The van der Waals surface area contributed by atoms with Crippen LogP contribution in [0.25, 0.3) is 0 Å². The Bertz CT molecular complexity index is 285. The van der Waals surface area contributed by atoms with Crippen molar-refractivity contribution in [2.45, 2.75) is 0 Å². The van der Waals surface area contributed by atoms with Crippen molar-refractivity contribution in [1.82, 2.24) is 0 Å². The van der Waals surface area contributed by atoms with Gasteiger partial charge >= 0.3 is 0 Å². The summed E-state index contributed by atoms with van der Waals surface area (Å²) in [6.45, 7) is 5.81. The van der Waals surface area contributed by atoms with Crippen LogP contribution in [0.2, 0.25) is 0 Å². The number of para-hydroxylation sites is 1. The van der Waals surface area contributed by atoms with E-state index in [1.54, 1.807) is 0 Å². The maximum Gasteiger partial charge on any atom is 0.119 e. The van der Waals surface area contributed by atoms with Crippen molar-refractivity contribution >= 4 is 0 Å². The van der Waals surface area contributed by atoms with Crippen molar-refractivity contribution in [3.8, 4) is 5.75 Å². The molecule has 1 aromatic carbocycles. The Morgan fingerprint density at radius 3 is 2.60 bits per heavy atom. The highest BCUT2D eigenvalue weighted by molar-refractivity contribution is 5.20. The van der Waals surface area contributed by atoms with E-state index in [4.69, 9.17) is 15.2 Å². The first kappa shape index (κ1) is 11.8. The first-order valence-electron chi connectivity index (χ1n) is 4.95. The van der Waals surface area contributed by atoms with Gasteiger partial charge in [0.1, 0.15) is 12.4 Å². The van der Waals surface area contributed by atoms with E-state index in [0.29, 0.717) is 26.4 Å². The summed E-state index contributed by atoms with van der Waals surface area (Å²) in [5, 5.41) is 0. The molecule has 0 atom stereocenters. The summed E-state index contributed by atoms with van der Waals surface area (Å²) >= 11 is 0. The van der Waals surface area contributed by atoms with Gasteiger partial charge in [0.2, 0.25) is 0 Å². The molecule has 82 valence electrons. The molecule has 1 rings (SSSR count). The number of rotatable bonds is 7. The first-order valence-corrected chi connectivity index (χ1v) is 4.95. The summed E-state index contributed by atoms with van der Waals surface area (Å²) in [5.41, 5.74) is 6.26. The zero-order chi connectivity index (χ0) is 10.9. The second-order valence-electron chi connectivity index (χ2n) is 3.17. The summed E-state index contributed by atoms with van der Waals surface area (Å²) in [7, 11) is 0. The second kappa shape index (κ2) is 7.04. The highest BCUT2D eigenvalue weighted by Crippen LogP contribution is 2.07. The van der Waals surface area contributed by atoms with Crippen LogP contribution in [-0.2, 0) is 4.74 Å². The summed E-state index contributed by atoms with van der Waals surface area (Å²) in [6.07, 6.45) is 0. The fraction of sp³-hybridized carbons (Fsp3) is 0.333. The van der Waals surface area contributed by atoms with Gasteiger partial charge in [-0.2, -0.15) is 0 Å². The Kier molecular flexibility index (Phi) is 5.51. The van der Waals surface area contributed by atoms with Crippen LogP contribution < -0.4 is 10.5 Å². The number of nitrogens with two attached hydrogens (primary N) is 1. The minimum absolute atomic E-state index is 0.472. The molecule has 0 aliphatic heterocycles. The molecule has 0 heterocycles. The zero-order valence-electron chi connectivity index (χ0n) is 8.82. The fourth-order valence-electron chi connectivity index (χ4n) is 1.01. The SMILES string of the molecule is C=C(CN)COCCOc1ccccc1. The molecule has 0 bridgehead atoms. The van der Waals surface area contributed by atoms with Crippen molar-refractivity contribution in [3.63, 3.8) is 0 Å². The lowest BCUT2D eigenvalue weighted by molar-refractivity contribution is 0.116. The van der Waals surface area contributed by atoms with Crippen LogP contribution in [0.15, 0.2) is 42.5 Å². The van der Waals surface area contributed by atoms with Gasteiger partial charge in [-0.3, -0.25) is 0 Å². The molecule has 0 radical (unpaired) electrons. The standard InChI is InChI=1S/C12H17NO2/c1-11(9-13)10-14-7-8-15-12-5-3-2-4-6-12/h2-6H,1,7-10,13H2. The molecule has 0 aliphatic carbocycles. The van der Waals surface area contributed by atoms with Gasteiger partial charge in [0.05, 0.1) is 13.2 Å². The van der Waals surface area contributed by atoms with Gasteiger partial charge in [-0.05, 0) is 17.7 Å². The third kappa shape index (κ3) is 5.20. The molecule has 0 fully saturated rings. The summed E-state index contributed by atoms with van der Waals surface area (Å²) in [6, 6.07) is 9.66. The largest absolute Gasteiger partial charge is 0.491 e. The molecule has 0 amide bonds. The van der Waals surface area contributed by atoms with Gasteiger partial charge in [0.25, 0.3) is 0 Å². The molecule has 0 aliphatic rings. The van der Waals surface area contributed by atoms with E-state index < -0.39 is 0 Å². The smallest absolute Gasteiger partial charge is 0.119 e. The number of ether oxygens (including phenoxy) is 2. The lowest BCUT2D eigenvalue weighted by atomic mass is 10.3. The minimum atomic E-state index is 0.472. The van der Waals surface area contributed by atoms with Gasteiger partial charge in [0, 0.05) is 6.54 Å². The predicted molar refractivity (Wildman–Crippen MR) is 61.0 cm³/mol. The molecular weight excluding hydrogens is 190 g/mol. The van der Waals surface area contributed by atoms with E-state index in [1.165, 1.54) is 0 Å². The summed E-state index contributed by atoms with van der Waals surface area (Å²) < 4.78 is 10.7. The van der Waals surface area contributed by atoms with Gasteiger partial charge in [-0.15, -0.1) is 0 Å². The van der Waals surface area contributed by atoms with E-state index in [9.17, 15) is 0 Å². The van der Waals surface area contributed by atoms with Crippen molar-refractivity contribution < 1.29 is 9.47 Å². The van der Waals surface area contributed by atoms with Crippen LogP contribution in [0, 0.1) is 0 Å². The predicted octanol–water partition coefficient (Wildman–Crippen LogP) is 1.60. The van der Waals surface area contributed by atoms with Gasteiger partial charge in [-0.1, -0.05) is 24.8 Å². The molecule has 2 N–H and O–H groups in total. The average molecular weight is 207 g/mol. The monoisotopic (exact) mass is 207 g/mol. The molecule has 0 saturated carbocycles. The number of hydrogen-bond donors (Lipinski definition) is 1. The van der Waals surface area contributed by atoms with Crippen molar-refractivity contribution in [2.75, 3.05) is 26.4 Å². The Balaban J connectivity index is 2.05. The molecule has 15 heavy (non-hydrogen) atoms. The van der Waals surface area contributed by atoms with E-state index >= 15 is 0 Å². The molecule has 0 aromatic heterocycles. The Hall–Kier alpha value is -1.32. The van der Waals surface area contributed by atoms with E-state index in [1.807, 2.05) is 30.3 Å². The van der Waals surface area contributed by atoms with Gasteiger partial charge in [0.15, 0.2) is 0 Å². The second-order valence-corrected chi connectivity index (χ2v) is 3.17. The molecule has 1 aromatic rings. The Labute approximate surface area is 90.5 Å². The third-order valence-electron chi connectivity index (χ3n) is 1.83. The highest BCUT2D eigenvalue weighted by Gasteiger charge is 1.93. The molecule has 0 unspecified atom stereocenters. The van der Waals surface area contributed by atoms with Crippen LogP contribution in [0.1, 0.15) is 0 Å². The van der Waals surface area contributed by atoms with Crippen molar-refractivity contribution in [2.24, 2.45) is 5.73 Å². The lowest BCUT2D eigenvalue weighted by Gasteiger charge is -2.07. The minimum Gasteiger partial charge on any atom is -0.491 e. The normalized spacial score (nSPS) is 9.93. The Morgan fingerprint density at radius 1 is 1.20 bits per heavy atom. The van der Waals surface area contributed by atoms with Crippen molar-refractivity contribution in [1.29, 1.82) is 0 Å². The first-order chi connectivity index (χ1) is 7.33. The van der Waals surface area contributed by atoms with Crippen LogP contribution in [0.5, 0.6) is 5.75 Å². The van der Waals surface area contributed by atoms with Crippen molar-refractivity contribution in [3.05, 3.63) is 42.5 Å². The van der Waals surface area contributed by atoms with Crippen LogP contribution in [0.4, 0.5) is 0 Å². The van der Waals surface area contributed by atoms with Gasteiger partial charge in [-0.25, -0.2) is 0 Å². The lowest BCUT2D eigenvalue weighted by Crippen LogP contribution is -2.12. The maximum absolute atomic E-state index is 5.44. The topological polar surface area (TPSA) is 44.5 Å². The summed E-state index contributed by atoms with van der Waals surface area (Å²) in [5.74, 6) is 0.860. The van der Waals surface area contributed by atoms with Crippen LogP contribution in [-0.4, -0.2) is 26.4 Å². The molecular formula is C12H17NO2. The number of benzene rings is 1. The molecule has 0 spiro atoms. The quantitative estimate of drug-likeness (QED) is 0.545. The number of hydrogen-bond acceptors (Lipinski definition) is 3. The van der Waals surface area contributed by atoms with E-state index in [-0.39, 0.29) is 0 Å².